The molecule has 216 valence electrons. The lowest BCUT2D eigenvalue weighted by Gasteiger charge is -2.55. The van der Waals surface area contributed by atoms with Crippen molar-refractivity contribution in [3.8, 4) is 5.75 Å². The van der Waals surface area contributed by atoms with Gasteiger partial charge in [-0.1, -0.05) is 6.92 Å². The molecule has 0 spiro atoms. The second kappa shape index (κ2) is 9.32. The van der Waals surface area contributed by atoms with Crippen LogP contribution in [-0.4, -0.2) is 101 Å². The number of nitrogens with zero attached hydrogens (tertiary/aromatic N) is 3. The van der Waals surface area contributed by atoms with Crippen molar-refractivity contribution in [3.63, 3.8) is 0 Å². The monoisotopic (exact) mass is 554 g/mol. The van der Waals surface area contributed by atoms with Crippen molar-refractivity contribution in [1.29, 1.82) is 0 Å². The summed E-state index contributed by atoms with van der Waals surface area (Å²) < 4.78 is 0. The largest absolute Gasteiger partial charge is 0.508 e. The van der Waals surface area contributed by atoms with Gasteiger partial charge in [0.15, 0.2) is 11.4 Å². The normalized spacial score (nSPS) is 29.9. The van der Waals surface area contributed by atoms with Crippen molar-refractivity contribution in [3.05, 3.63) is 39.7 Å². The minimum absolute atomic E-state index is 0.0443. The van der Waals surface area contributed by atoms with Gasteiger partial charge in [0.1, 0.15) is 22.8 Å². The first-order valence-corrected chi connectivity index (χ1v) is 13.6. The molecule has 4 atom stereocenters. The Morgan fingerprint density at radius 3 is 2.48 bits per heavy atom. The van der Waals surface area contributed by atoms with E-state index in [9.17, 15) is 34.8 Å². The summed E-state index contributed by atoms with van der Waals surface area (Å²) in [5.41, 5.74) is 2.94. The van der Waals surface area contributed by atoms with Gasteiger partial charge in [-0.05, 0) is 70.1 Å². The molecule has 11 nitrogen and oxygen atoms in total. The van der Waals surface area contributed by atoms with Gasteiger partial charge in [-0.2, -0.15) is 0 Å². The van der Waals surface area contributed by atoms with E-state index >= 15 is 0 Å². The summed E-state index contributed by atoms with van der Waals surface area (Å²) in [6.07, 6.45) is 0.821. The van der Waals surface area contributed by atoms with Crippen molar-refractivity contribution in [2.24, 2.45) is 17.1 Å². The number of primary amides is 1. The lowest BCUT2D eigenvalue weighted by Crippen LogP contribution is -2.67. The minimum atomic E-state index is -2.66. The van der Waals surface area contributed by atoms with Crippen molar-refractivity contribution in [2.75, 3.05) is 52.7 Å². The number of nitrogens with two attached hydrogens (primary N) is 1. The number of Topliss-reactive ketones (excluding diaryl/α,β-unsaturated/α-hetero) is 2. The third-order valence-corrected chi connectivity index (χ3v) is 9.56. The van der Waals surface area contributed by atoms with Gasteiger partial charge in [-0.25, -0.2) is 0 Å². The maximum atomic E-state index is 14.3. The highest BCUT2D eigenvalue weighted by Crippen LogP contribution is 2.59. The molecule has 1 amide bonds. The fraction of sp³-hybridized carbons (Fsp3) is 0.552. The Morgan fingerprint density at radius 1 is 1.20 bits per heavy atom. The van der Waals surface area contributed by atoms with E-state index in [0.29, 0.717) is 12.1 Å². The van der Waals surface area contributed by atoms with Crippen LogP contribution in [0.3, 0.4) is 0 Å². The molecule has 0 saturated heterocycles. The predicted octanol–water partition coefficient (Wildman–Crippen LogP) is 1.19. The molecule has 1 aromatic carbocycles. The zero-order valence-electron chi connectivity index (χ0n) is 23.6. The molecule has 5 rings (SSSR count). The van der Waals surface area contributed by atoms with Crippen LogP contribution in [0.25, 0.3) is 5.76 Å². The number of fused-ring (bicyclic) bond motifs is 5. The summed E-state index contributed by atoms with van der Waals surface area (Å²) >= 11 is 0. The summed E-state index contributed by atoms with van der Waals surface area (Å²) in [4.78, 5) is 45.6. The van der Waals surface area contributed by atoms with E-state index in [1.807, 2.05) is 33.0 Å². The first-order chi connectivity index (χ1) is 18.7. The van der Waals surface area contributed by atoms with Gasteiger partial charge >= 0.3 is 0 Å². The number of aliphatic hydroxyl groups is 3. The third-order valence-electron chi connectivity index (χ3n) is 9.56. The molecule has 40 heavy (non-hydrogen) atoms. The molecular formula is C29H38N4O7. The van der Waals surface area contributed by atoms with E-state index < -0.39 is 51.5 Å². The van der Waals surface area contributed by atoms with Crippen molar-refractivity contribution >= 4 is 28.9 Å². The number of carbonyl (C=O) groups is 3. The van der Waals surface area contributed by atoms with E-state index in [-0.39, 0.29) is 48.7 Å². The van der Waals surface area contributed by atoms with E-state index in [0.717, 1.165) is 24.2 Å². The van der Waals surface area contributed by atoms with Crippen LogP contribution in [0.5, 0.6) is 5.75 Å². The van der Waals surface area contributed by atoms with Crippen LogP contribution in [-0.2, 0) is 20.8 Å². The molecule has 1 aromatic rings. The quantitative estimate of drug-likeness (QED) is 0.334. The number of ketones is 2. The summed E-state index contributed by atoms with van der Waals surface area (Å²) in [5.74, 6) is -5.29. The number of aliphatic hydroxyl groups excluding tert-OH is 2. The number of carbonyl (C=O) groups excluding carboxylic acids is 3. The first-order valence-electron chi connectivity index (χ1n) is 13.6. The fourth-order valence-corrected chi connectivity index (χ4v) is 7.61. The number of anilines is 1. The van der Waals surface area contributed by atoms with Gasteiger partial charge in [0.2, 0.25) is 5.78 Å². The first kappa shape index (κ1) is 28.1. The molecule has 0 aromatic heterocycles. The smallest absolute Gasteiger partial charge is 0.255 e. The zero-order chi connectivity index (χ0) is 29.5. The number of amides is 1. The van der Waals surface area contributed by atoms with Gasteiger partial charge < -0.3 is 40.9 Å². The van der Waals surface area contributed by atoms with E-state index in [1.165, 1.54) is 0 Å². The molecule has 0 bridgehead atoms. The third kappa shape index (κ3) is 3.64. The average Bonchev–Trinajstić information content (AvgIpc) is 2.85. The van der Waals surface area contributed by atoms with Crippen LogP contribution in [0, 0.1) is 11.3 Å². The Kier molecular flexibility index (Phi) is 6.56. The number of phenolic OH excluding ortho intramolecular Hbond substituents is 1. The molecule has 2 unspecified atom stereocenters. The van der Waals surface area contributed by atoms with Crippen LogP contribution in [0.2, 0.25) is 0 Å². The Bertz CT molecular complexity index is 1400. The van der Waals surface area contributed by atoms with Gasteiger partial charge in [0, 0.05) is 49.3 Å². The molecular weight excluding hydrogens is 516 g/mol. The predicted molar refractivity (Wildman–Crippen MR) is 148 cm³/mol. The average molecular weight is 555 g/mol. The number of aromatic hydroxyl groups is 1. The van der Waals surface area contributed by atoms with Gasteiger partial charge in [0.25, 0.3) is 5.91 Å². The van der Waals surface area contributed by atoms with Crippen molar-refractivity contribution in [1.82, 2.24) is 9.80 Å². The summed E-state index contributed by atoms with van der Waals surface area (Å²) in [7, 11) is 7.68. The fourth-order valence-electron chi connectivity index (χ4n) is 7.61. The second-order valence-electron chi connectivity index (χ2n) is 12.1. The number of phenols is 1. The number of hydrogen-bond donors (Lipinski definition) is 5. The van der Waals surface area contributed by atoms with E-state index in [4.69, 9.17) is 5.73 Å². The molecule has 1 fully saturated rings. The molecule has 3 aliphatic carbocycles. The van der Waals surface area contributed by atoms with Crippen molar-refractivity contribution < 1.29 is 34.8 Å². The second-order valence-corrected chi connectivity index (χ2v) is 12.1. The van der Waals surface area contributed by atoms with E-state index in [1.54, 1.807) is 13.1 Å². The molecule has 1 saturated carbocycles. The molecule has 6 N–H and O–H groups in total. The molecule has 1 aliphatic heterocycles. The Balaban J connectivity index is 1.77. The van der Waals surface area contributed by atoms with Gasteiger partial charge in [0.05, 0.1) is 5.56 Å². The van der Waals surface area contributed by atoms with Crippen LogP contribution in [0.1, 0.15) is 48.9 Å². The Morgan fingerprint density at radius 2 is 1.88 bits per heavy atom. The van der Waals surface area contributed by atoms with E-state index in [2.05, 4.69) is 9.80 Å². The highest BCUT2D eigenvalue weighted by atomic mass is 16.3. The number of benzene rings is 1. The highest BCUT2D eigenvalue weighted by Gasteiger charge is 2.68. The minimum Gasteiger partial charge on any atom is -0.508 e. The summed E-state index contributed by atoms with van der Waals surface area (Å²) in [6.45, 7) is 3.25. The molecule has 4 aliphatic rings. The lowest BCUT2D eigenvalue weighted by atomic mass is 9.50. The highest BCUT2D eigenvalue weighted by molar-refractivity contribution is 6.23. The molecule has 0 radical (unpaired) electrons. The van der Waals surface area contributed by atoms with Crippen LogP contribution >= 0.6 is 0 Å². The number of rotatable bonds is 5. The number of hydrogen-bond acceptors (Lipinski definition) is 10. The molecule has 11 heteroatoms. The maximum absolute atomic E-state index is 14.3. The maximum Gasteiger partial charge on any atom is 0.255 e. The van der Waals surface area contributed by atoms with Crippen LogP contribution in [0.4, 0.5) is 5.69 Å². The molecule has 1 heterocycles. The lowest BCUT2D eigenvalue weighted by molar-refractivity contribution is -0.166. The Labute approximate surface area is 233 Å². The van der Waals surface area contributed by atoms with Gasteiger partial charge in [-0.15, -0.1) is 0 Å². The standard InChI is InChI=1S/C29H38N4O7/c1-6-32(4)13-28-11-14-9-16-21(18(34)10-15-17(31(2)3)7-8-33(5)23(15)16)24(36)20(14)25(37)29(28,40)26(38)22(27(30)39)19(35)12-28/h10,14,17,34,36,38,40H,6-9,11-13H2,1-5H3,(H2,30,39)/t14?,17?,28-,29-/m0/s1. The summed E-state index contributed by atoms with van der Waals surface area (Å²) in [5, 5.41) is 46.0. The van der Waals surface area contributed by atoms with Crippen molar-refractivity contribution in [2.45, 2.75) is 44.2 Å². The SMILES string of the molecule is CCN(C)C[C@]12CC(=O)C(C(N)=O)=C(O)[C@@]1(O)C(=O)C1=C(O)c3c(O)cc4c(c3CC1C2)N(C)CCC4N(C)C. The Hall–Kier alpha value is -3.41. The van der Waals surface area contributed by atoms with Crippen LogP contribution in [0.15, 0.2) is 23.0 Å². The topological polar surface area (TPSA) is 168 Å². The zero-order valence-corrected chi connectivity index (χ0v) is 23.6. The van der Waals surface area contributed by atoms with Crippen LogP contribution < -0.4 is 10.6 Å². The van der Waals surface area contributed by atoms with Gasteiger partial charge in [-0.3, -0.25) is 14.4 Å². The summed E-state index contributed by atoms with van der Waals surface area (Å²) in [6, 6.07) is 1.67.